The Morgan fingerprint density at radius 1 is 1.48 bits per heavy atom. The van der Waals surface area contributed by atoms with E-state index >= 15 is 0 Å². The second-order valence-corrected chi connectivity index (χ2v) is 5.91. The van der Waals surface area contributed by atoms with Crippen LogP contribution in [0.5, 0.6) is 5.75 Å². The van der Waals surface area contributed by atoms with Gasteiger partial charge in [-0.3, -0.25) is 4.68 Å². The van der Waals surface area contributed by atoms with Crippen LogP contribution in [0.25, 0.3) is 0 Å². The number of nitrogens with zero attached hydrogens (tertiary/aromatic N) is 2. The number of aliphatic hydroxyl groups excluding tert-OH is 1. The van der Waals surface area contributed by atoms with Gasteiger partial charge in [-0.2, -0.15) is 5.10 Å². The molecule has 0 aliphatic carbocycles. The molecule has 1 atom stereocenters. The standard InChI is InChI=1S/C15H20BrN3O2/c1-11-3-4-15(14(16)5-11)21-10-13(20)8-17-6-12-7-18-19(2)9-12/h3-5,7,9,13,17,20H,6,8,10H2,1-2H3. The zero-order valence-corrected chi connectivity index (χ0v) is 13.8. The van der Waals surface area contributed by atoms with Crippen molar-refractivity contribution < 1.29 is 9.84 Å². The number of hydrogen-bond donors (Lipinski definition) is 2. The molecule has 0 saturated heterocycles. The van der Waals surface area contributed by atoms with E-state index in [1.54, 1.807) is 10.9 Å². The molecule has 2 aromatic rings. The quantitative estimate of drug-likeness (QED) is 0.799. The van der Waals surface area contributed by atoms with Crippen LogP contribution in [0.3, 0.4) is 0 Å². The lowest BCUT2D eigenvalue weighted by Gasteiger charge is -2.14. The normalized spacial score (nSPS) is 12.4. The van der Waals surface area contributed by atoms with Crippen molar-refractivity contribution in [1.29, 1.82) is 0 Å². The van der Waals surface area contributed by atoms with Crippen molar-refractivity contribution in [2.24, 2.45) is 7.05 Å². The van der Waals surface area contributed by atoms with Gasteiger partial charge in [0.1, 0.15) is 18.5 Å². The Kier molecular flexibility index (Phi) is 5.78. The summed E-state index contributed by atoms with van der Waals surface area (Å²) in [5.74, 6) is 0.743. The molecular weight excluding hydrogens is 334 g/mol. The van der Waals surface area contributed by atoms with Gasteiger partial charge in [-0.15, -0.1) is 0 Å². The largest absolute Gasteiger partial charge is 0.490 e. The highest BCUT2D eigenvalue weighted by molar-refractivity contribution is 9.10. The third-order valence-corrected chi connectivity index (χ3v) is 3.61. The molecule has 1 heterocycles. The Morgan fingerprint density at radius 3 is 2.95 bits per heavy atom. The van der Waals surface area contributed by atoms with Gasteiger partial charge in [-0.05, 0) is 40.5 Å². The van der Waals surface area contributed by atoms with Crippen molar-refractivity contribution in [2.45, 2.75) is 19.6 Å². The number of aromatic nitrogens is 2. The SMILES string of the molecule is Cc1ccc(OCC(O)CNCc2cnn(C)c2)c(Br)c1. The fourth-order valence-corrected chi connectivity index (χ4v) is 2.52. The summed E-state index contributed by atoms with van der Waals surface area (Å²) < 4.78 is 8.26. The van der Waals surface area contributed by atoms with Crippen molar-refractivity contribution in [3.8, 4) is 5.75 Å². The number of aryl methyl sites for hydroxylation is 2. The Bertz CT molecular complexity index is 586. The molecule has 2 rings (SSSR count). The summed E-state index contributed by atoms with van der Waals surface area (Å²) in [5.41, 5.74) is 2.25. The molecule has 0 aliphatic heterocycles. The van der Waals surface area contributed by atoms with E-state index < -0.39 is 6.10 Å². The van der Waals surface area contributed by atoms with Crippen LogP contribution in [-0.2, 0) is 13.6 Å². The van der Waals surface area contributed by atoms with E-state index in [0.717, 1.165) is 21.3 Å². The molecule has 5 nitrogen and oxygen atoms in total. The highest BCUT2D eigenvalue weighted by atomic mass is 79.9. The minimum Gasteiger partial charge on any atom is -0.490 e. The van der Waals surface area contributed by atoms with Crippen LogP contribution in [0.1, 0.15) is 11.1 Å². The Morgan fingerprint density at radius 2 is 2.29 bits per heavy atom. The number of aliphatic hydroxyl groups is 1. The van der Waals surface area contributed by atoms with Crippen LogP contribution >= 0.6 is 15.9 Å². The van der Waals surface area contributed by atoms with E-state index in [-0.39, 0.29) is 6.61 Å². The van der Waals surface area contributed by atoms with Crippen LogP contribution in [0, 0.1) is 6.92 Å². The predicted molar refractivity (Wildman–Crippen MR) is 85.3 cm³/mol. The first-order valence-corrected chi connectivity index (χ1v) is 7.59. The predicted octanol–water partition coefficient (Wildman–Crippen LogP) is 2.02. The molecule has 114 valence electrons. The summed E-state index contributed by atoms with van der Waals surface area (Å²) in [4.78, 5) is 0. The van der Waals surface area contributed by atoms with Gasteiger partial charge in [0.25, 0.3) is 0 Å². The fraction of sp³-hybridized carbons (Fsp3) is 0.400. The number of benzene rings is 1. The molecular formula is C15H20BrN3O2. The fourth-order valence-electron chi connectivity index (χ4n) is 1.91. The van der Waals surface area contributed by atoms with Gasteiger partial charge in [0.2, 0.25) is 0 Å². The van der Waals surface area contributed by atoms with Gasteiger partial charge in [0, 0.05) is 31.9 Å². The number of halogens is 1. The van der Waals surface area contributed by atoms with Crippen molar-refractivity contribution in [2.75, 3.05) is 13.2 Å². The highest BCUT2D eigenvalue weighted by Crippen LogP contribution is 2.25. The molecule has 1 aromatic carbocycles. The lowest BCUT2D eigenvalue weighted by Crippen LogP contribution is -2.31. The first kappa shape index (κ1) is 16.0. The Hall–Kier alpha value is -1.37. The maximum Gasteiger partial charge on any atom is 0.133 e. The van der Waals surface area contributed by atoms with E-state index in [9.17, 15) is 5.11 Å². The number of nitrogens with one attached hydrogen (secondary N) is 1. The molecule has 1 unspecified atom stereocenters. The Labute approximate surface area is 133 Å². The van der Waals surface area contributed by atoms with Gasteiger partial charge < -0.3 is 15.2 Å². The van der Waals surface area contributed by atoms with Crippen LogP contribution in [0.4, 0.5) is 0 Å². The Balaban J connectivity index is 1.70. The van der Waals surface area contributed by atoms with Crippen molar-refractivity contribution >= 4 is 15.9 Å². The first-order valence-electron chi connectivity index (χ1n) is 6.80. The van der Waals surface area contributed by atoms with Gasteiger partial charge in [-0.25, -0.2) is 0 Å². The van der Waals surface area contributed by atoms with E-state index in [4.69, 9.17) is 4.74 Å². The molecule has 0 spiro atoms. The van der Waals surface area contributed by atoms with Gasteiger partial charge in [-0.1, -0.05) is 6.07 Å². The minimum absolute atomic E-state index is 0.252. The number of ether oxygens (including phenoxy) is 1. The average Bonchev–Trinajstić information content (AvgIpc) is 2.83. The highest BCUT2D eigenvalue weighted by Gasteiger charge is 2.07. The summed E-state index contributed by atoms with van der Waals surface area (Å²) in [6.07, 6.45) is 3.19. The van der Waals surface area contributed by atoms with Crippen LogP contribution in [0.15, 0.2) is 35.1 Å². The minimum atomic E-state index is -0.560. The van der Waals surface area contributed by atoms with Crippen molar-refractivity contribution in [3.63, 3.8) is 0 Å². The molecule has 6 heteroatoms. The maximum atomic E-state index is 9.92. The van der Waals surface area contributed by atoms with Gasteiger partial charge in [0.15, 0.2) is 0 Å². The molecule has 0 aliphatic rings. The molecule has 21 heavy (non-hydrogen) atoms. The monoisotopic (exact) mass is 353 g/mol. The molecule has 1 aromatic heterocycles. The molecule has 2 N–H and O–H groups in total. The topological polar surface area (TPSA) is 59.3 Å². The van der Waals surface area contributed by atoms with Crippen LogP contribution in [0.2, 0.25) is 0 Å². The molecule has 0 radical (unpaired) electrons. The average molecular weight is 354 g/mol. The molecule has 0 amide bonds. The van der Waals surface area contributed by atoms with Crippen LogP contribution in [-0.4, -0.2) is 34.1 Å². The summed E-state index contributed by atoms with van der Waals surface area (Å²) in [7, 11) is 1.88. The number of rotatable bonds is 7. The molecule has 0 fully saturated rings. The third kappa shape index (κ3) is 5.15. The van der Waals surface area contributed by atoms with E-state index in [1.807, 2.05) is 38.4 Å². The summed E-state index contributed by atoms with van der Waals surface area (Å²) in [6, 6.07) is 5.87. The second kappa shape index (κ2) is 7.59. The zero-order valence-electron chi connectivity index (χ0n) is 12.2. The number of hydrogen-bond acceptors (Lipinski definition) is 4. The van der Waals surface area contributed by atoms with Gasteiger partial charge in [0.05, 0.1) is 10.7 Å². The zero-order chi connectivity index (χ0) is 15.2. The van der Waals surface area contributed by atoms with Gasteiger partial charge >= 0.3 is 0 Å². The lowest BCUT2D eigenvalue weighted by atomic mass is 10.2. The van der Waals surface area contributed by atoms with E-state index in [2.05, 4.69) is 26.3 Å². The maximum absolute atomic E-state index is 9.92. The summed E-state index contributed by atoms with van der Waals surface area (Å²) >= 11 is 3.45. The smallest absolute Gasteiger partial charge is 0.133 e. The molecule has 0 saturated carbocycles. The second-order valence-electron chi connectivity index (χ2n) is 5.05. The third-order valence-electron chi connectivity index (χ3n) is 2.99. The van der Waals surface area contributed by atoms with E-state index in [1.165, 1.54) is 0 Å². The van der Waals surface area contributed by atoms with Crippen molar-refractivity contribution in [3.05, 3.63) is 46.2 Å². The van der Waals surface area contributed by atoms with E-state index in [0.29, 0.717) is 13.1 Å². The molecule has 0 bridgehead atoms. The van der Waals surface area contributed by atoms with Crippen LogP contribution < -0.4 is 10.1 Å². The van der Waals surface area contributed by atoms with Crippen molar-refractivity contribution in [1.82, 2.24) is 15.1 Å². The lowest BCUT2D eigenvalue weighted by molar-refractivity contribution is 0.106. The summed E-state index contributed by atoms with van der Waals surface area (Å²) in [5, 5.41) is 17.2. The summed E-state index contributed by atoms with van der Waals surface area (Å²) in [6.45, 7) is 3.42. The first-order chi connectivity index (χ1) is 10.0.